The van der Waals surface area contributed by atoms with Crippen LogP contribution >= 0.6 is 22.9 Å². The van der Waals surface area contributed by atoms with E-state index < -0.39 is 12.0 Å². The molecule has 118 valence electrons. The van der Waals surface area contributed by atoms with Crippen LogP contribution in [0, 0.1) is 5.92 Å². The maximum absolute atomic E-state index is 11.3. The number of carboxylic acid groups (broad SMARTS) is 1. The summed E-state index contributed by atoms with van der Waals surface area (Å²) in [7, 11) is 0. The van der Waals surface area contributed by atoms with Crippen LogP contribution in [0.15, 0.2) is 36.4 Å². The normalized spacial score (nSPS) is 12.5. The average molecular weight is 338 g/mol. The highest BCUT2D eigenvalue weighted by Gasteiger charge is 2.18. The van der Waals surface area contributed by atoms with Gasteiger partial charge in [0.2, 0.25) is 0 Å². The van der Waals surface area contributed by atoms with Crippen molar-refractivity contribution in [2.45, 2.75) is 32.9 Å². The Labute approximate surface area is 139 Å². The van der Waals surface area contributed by atoms with Gasteiger partial charge < -0.3 is 5.11 Å². The fourth-order valence-corrected chi connectivity index (χ4v) is 3.54. The standard InChI is InChI=1S/C17H20ClNO2S/c1-11(2)9-15(17(20)21)19-10-12-7-8-16(22-12)13-5-3-4-6-14(13)18/h3-8,11,15,19H,9-10H2,1-2H3,(H,20,21)/t15-/m1/s1. The molecule has 1 aromatic heterocycles. The highest BCUT2D eigenvalue weighted by Crippen LogP contribution is 2.33. The molecular weight excluding hydrogens is 318 g/mol. The molecule has 1 atom stereocenters. The molecule has 0 fully saturated rings. The van der Waals surface area contributed by atoms with Crippen LogP contribution in [0.1, 0.15) is 25.1 Å². The number of thiophene rings is 1. The second-order valence-electron chi connectivity index (χ2n) is 5.65. The lowest BCUT2D eigenvalue weighted by molar-refractivity contribution is -0.140. The summed E-state index contributed by atoms with van der Waals surface area (Å²) in [6.45, 7) is 4.61. The maximum atomic E-state index is 11.3. The lowest BCUT2D eigenvalue weighted by Gasteiger charge is -2.15. The highest BCUT2D eigenvalue weighted by atomic mass is 35.5. The summed E-state index contributed by atoms with van der Waals surface area (Å²) in [5.41, 5.74) is 1.01. The smallest absolute Gasteiger partial charge is 0.320 e. The lowest BCUT2D eigenvalue weighted by Crippen LogP contribution is -2.37. The third-order valence-corrected chi connectivity index (χ3v) is 4.78. The van der Waals surface area contributed by atoms with Gasteiger partial charge in [0.1, 0.15) is 6.04 Å². The number of carbonyl (C=O) groups is 1. The van der Waals surface area contributed by atoms with E-state index in [1.165, 1.54) is 0 Å². The molecule has 5 heteroatoms. The number of carboxylic acids is 1. The summed E-state index contributed by atoms with van der Waals surface area (Å²) in [6.07, 6.45) is 0.623. The molecule has 0 aliphatic carbocycles. The van der Waals surface area contributed by atoms with Crippen LogP contribution in [-0.4, -0.2) is 17.1 Å². The largest absolute Gasteiger partial charge is 0.480 e. The predicted octanol–water partition coefficient (Wildman–Crippen LogP) is 4.66. The first-order chi connectivity index (χ1) is 10.5. The van der Waals surface area contributed by atoms with Crippen molar-refractivity contribution in [3.63, 3.8) is 0 Å². The molecular formula is C17H20ClNO2S. The third-order valence-electron chi connectivity index (χ3n) is 3.33. The summed E-state index contributed by atoms with van der Waals surface area (Å²) < 4.78 is 0. The third kappa shape index (κ3) is 4.57. The van der Waals surface area contributed by atoms with E-state index in [9.17, 15) is 9.90 Å². The molecule has 0 amide bonds. The van der Waals surface area contributed by atoms with E-state index in [1.54, 1.807) is 11.3 Å². The van der Waals surface area contributed by atoms with Gasteiger partial charge in [-0.3, -0.25) is 10.1 Å². The van der Waals surface area contributed by atoms with Crippen molar-refractivity contribution >= 4 is 28.9 Å². The molecule has 0 bridgehead atoms. The number of halogens is 1. The van der Waals surface area contributed by atoms with E-state index >= 15 is 0 Å². The average Bonchev–Trinajstić information content (AvgIpc) is 2.92. The Morgan fingerprint density at radius 2 is 2.00 bits per heavy atom. The van der Waals surface area contributed by atoms with Crippen molar-refractivity contribution in [2.24, 2.45) is 5.92 Å². The van der Waals surface area contributed by atoms with Gasteiger partial charge in [-0.1, -0.05) is 43.6 Å². The summed E-state index contributed by atoms with van der Waals surface area (Å²) in [5.74, 6) is -0.452. The molecule has 22 heavy (non-hydrogen) atoms. The zero-order valence-electron chi connectivity index (χ0n) is 12.7. The Kier molecular flexibility index (Phi) is 6.00. The molecule has 1 heterocycles. The summed E-state index contributed by atoms with van der Waals surface area (Å²) >= 11 is 7.84. The molecule has 0 aliphatic heterocycles. The maximum Gasteiger partial charge on any atom is 0.320 e. The molecule has 0 unspecified atom stereocenters. The minimum atomic E-state index is -0.795. The van der Waals surface area contributed by atoms with E-state index in [0.29, 0.717) is 18.9 Å². The van der Waals surface area contributed by atoms with Crippen LogP contribution in [0.2, 0.25) is 5.02 Å². The van der Waals surface area contributed by atoms with Gasteiger partial charge in [0.05, 0.1) is 0 Å². The van der Waals surface area contributed by atoms with E-state index in [2.05, 4.69) is 5.32 Å². The number of aliphatic carboxylic acids is 1. The highest BCUT2D eigenvalue weighted by molar-refractivity contribution is 7.15. The first kappa shape index (κ1) is 17.0. The number of hydrogen-bond acceptors (Lipinski definition) is 3. The summed E-state index contributed by atoms with van der Waals surface area (Å²) in [6, 6.07) is 11.3. The Hall–Kier alpha value is -1.36. The lowest BCUT2D eigenvalue weighted by atomic mass is 10.0. The van der Waals surface area contributed by atoms with Crippen LogP contribution < -0.4 is 5.32 Å². The fourth-order valence-electron chi connectivity index (χ4n) is 2.25. The molecule has 1 aromatic carbocycles. The zero-order chi connectivity index (χ0) is 16.1. The topological polar surface area (TPSA) is 49.3 Å². The van der Waals surface area contributed by atoms with Crippen molar-refractivity contribution in [1.82, 2.24) is 5.32 Å². The van der Waals surface area contributed by atoms with Crippen LogP contribution in [0.5, 0.6) is 0 Å². The van der Waals surface area contributed by atoms with Gasteiger partial charge in [-0.25, -0.2) is 0 Å². The Morgan fingerprint density at radius 1 is 1.27 bits per heavy atom. The SMILES string of the molecule is CC(C)C[C@@H](NCc1ccc(-c2ccccc2Cl)s1)C(=O)O. The molecule has 0 radical (unpaired) electrons. The van der Waals surface area contributed by atoms with Crippen LogP contribution in [0.3, 0.4) is 0 Å². The Balaban J connectivity index is 2.03. The van der Waals surface area contributed by atoms with Gasteiger partial charge in [0, 0.05) is 26.9 Å². The molecule has 2 rings (SSSR count). The Bertz CT molecular complexity index is 639. The predicted molar refractivity (Wildman–Crippen MR) is 92.5 cm³/mol. The molecule has 2 aromatic rings. The molecule has 0 spiro atoms. The first-order valence-electron chi connectivity index (χ1n) is 7.27. The first-order valence-corrected chi connectivity index (χ1v) is 8.46. The van der Waals surface area contributed by atoms with Crippen LogP contribution in [-0.2, 0) is 11.3 Å². The van der Waals surface area contributed by atoms with E-state index in [4.69, 9.17) is 11.6 Å². The quantitative estimate of drug-likeness (QED) is 0.772. The van der Waals surface area contributed by atoms with Gasteiger partial charge >= 0.3 is 5.97 Å². The van der Waals surface area contributed by atoms with Crippen LogP contribution in [0.4, 0.5) is 0 Å². The van der Waals surface area contributed by atoms with E-state index in [0.717, 1.165) is 20.3 Å². The van der Waals surface area contributed by atoms with E-state index in [1.807, 2.05) is 50.2 Å². The van der Waals surface area contributed by atoms with Gasteiger partial charge in [-0.05, 0) is 30.5 Å². The number of benzene rings is 1. The second kappa shape index (κ2) is 7.77. The minimum absolute atomic E-state index is 0.343. The summed E-state index contributed by atoms with van der Waals surface area (Å²) in [4.78, 5) is 13.4. The van der Waals surface area contributed by atoms with Gasteiger partial charge in [0.25, 0.3) is 0 Å². The van der Waals surface area contributed by atoms with Crippen molar-refractivity contribution < 1.29 is 9.90 Å². The van der Waals surface area contributed by atoms with E-state index in [-0.39, 0.29) is 0 Å². The number of hydrogen-bond donors (Lipinski definition) is 2. The van der Waals surface area contributed by atoms with Crippen molar-refractivity contribution in [3.05, 3.63) is 46.3 Å². The zero-order valence-corrected chi connectivity index (χ0v) is 14.2. The van der Waals surface area contributed by atoms with Crippen molar-refractivity contribution in [1.29, 1.82) is 0 Å². The molecule has 0 saturated carbocycles. The van der Waals surface area contributed by atoms with Gasteiger partial charge in [0.15, 0.2) is 0 Å². The monoisotopic (exact) mass is 337 g/mol. The molecule has 0 saturated heterocycles. The fraction of sp³-hybridized carbons (Fsp3) is 0.353. The number of rotatable bonds is 7. The molecule has 2 N–H and O–H groups in total. The summed E-state index contributed by atoms with van der Waals surface area (Å²) in [5, 5.41) is 13.1. The second-order valence-corrected chi connectivity index (χ2v) is 7.22. The molecule has 0 aliphatic rings. The molecule has 3 nitrogen and oxygen atoms in total. The number of nitrogens with one attached hydrogen (secondary N) is 1. The van der Waals surface area contributed by atoms with Crippen molar-refractivity contribution in [3.8, 4) is 10.4 Å². The van der Waals surface area contributed by atoms with Crippen molar-refractivity contribution in [2.75, 3.05) is 0 Å². The van der Waals surface area contributed by atoms with Gasteiger partial charge in [-0.2, -0.15) is 0 Å². The minimum Gasteiger partial charge on any atom is -0.480 e. The Morgan fingerprint density at radius 3 is 2.64 bits per heavy atom. The van der Waals surface area contributed by atoms with Gasteiger partial charge in [-0.15, -0.1) is 11.3 Å². The van der Waals surface area contributed by atoms with Crippen LogP contribution in [0.25, 0.3) is 10.4 Å².